The first-order chi connectivity index (χ1) is 12.6. The number of hydrogen-bond acceptors (Lipinski definition) is 6. The van der Waals surface area contributed by atoms with Crippen LogP contribution in [0.4, 0.5) is 5.69 Å². The number of methoxy groups -OCH3 is 2. The highest BCUT2D eigenvalue weighted by atomic mass is 16.5. The standard InChI is InChI=1S/C18H19N5O3/c1-12-8-14(5-7-16(12)23-11-19-21-22-23)20-18(24)9-13-4-6-15(25-2)10-17(13)26-3/h4-8,10-11H,9H2,1-3H3,(H,20,24). The second-order valence-corrected chi connectivity index (χ2v) is 5.66. The van der Waals surface area contributed by atoms with Crippen LogP contribution in [0.2, 0.25) is 0 Å². The molecule has 0 bridgehead atoms. The van der Waals surface area contributed by atoms with Crippen molar-refractivity contribution in [1.82, 2.24) is 20.2 Å². The van der Waals surface area contributed by atoms with Crippen LogP contribution < -0.4 is 14.8 Å². The Hall–Kier alpha value is -3.42. The number of hydrogen-bond donors (Lipinski definition) is 1. The van der Waals surface area contributed by atoms with Crippen molar-refractivity contribution >= 4 is 11.6 Å². The Balaban J connectivity index is 1.71. The Bertz CT molecular complexity index is 909. The molecule has 3 aromatic rings. The Morgan fingerprint density at radius 3 is 2.65 bits per heavy atom. The SMILES string of the molecule is COc1ccc(CC(=O)Nc2ccc(-n3cnnn3)c(C)c2)c(OC)c1. The number of carbonyl (C=O) groups is 1. The highest BCUT2D eigenvalue weighted by Gasteiger charge is 2.11. The monoisotopic (exact) mass is 353 g/mol. The minimum absolute atomic E-state index is 0.136. The molecule has 134 valence electrons. The zero-order valence-corrected chi connectivity index (χ0v) is 14.8. The van der Waals surface area contributed by atoms with Crippen molar-refractivity contribution in [3.8, 4) is 17.2 Å². The fourth-order valence-electron chi connectivity index (χ4n) is 2.64. The summed E-state index contributed by atoms with van der Waals surface area (Å²) in [5.74, 6) is 1.16. The molecule has 1 N–H and O–H groups in total. The number of tetrazole rings is 1. The van der Waals surface area contributed by atoms with E-state index in [1.54, 1.807) is 31.0 Å². The van der Waals surface area contributed by atoms with Crippen LogP contribution in [0.3, 0.4) is 0 Å². The van der Waals surface area contributed by atoms with Crippen molar-refractivity contribution in [3.05, 3.63) is 53.9 Å². The van der Waals surface area contributed by atoms with Crippen molar-refractivity contribution in [1.29, 1.82) is 0 Å². The number of rotatable bonds is 6. The summed E-state index contributed by atoms with van der Waals surface area (Å²) in [7, 11) is 3.15. The molecule has 1 heterocycles. The number of aromatic nitrogens is 4. The molecule has 0 radical (unpaired) electrons. The summed E-state index contributed by atoms with van der Waals surface area (Å²) in [6.07, 6.45) is 1.72. The minimum atomic E-state index is -0.136. The molecule has 8 nitrogen and oxygen atoms in total. The van der Waals surface area contributed by atoms with Crippen molar-refractivity contribution < 1.29 is 14.3 Å². The third-order valence-corrected chi connectivity index (χ3v) is 3.92. The minimum Gasteiger partial charge on any atom is -0.497 e. The van der Waals surface area contributed by atoms with E-state index in [-0.39, 0.29) is 12.3 Å². The van der Waals surface area contributed by atoms with E-state index in [9.17, 15) is 4.79 Å². The van der Waals surface area contributed by atoms with Gasteiger partial charge in [-0.15, -0.1) is 5.10 Å². The lowest BCUT2D eigenvalue weighted by Gasteiger charge is -2.12. The predicted octanol–water partition coefficient (Wildman–Crippen LogP) is 2.17. The maximum atomic E-state index is 12.4. The molecular formula is C18H19N5O3. The summed E-state index contributed by atoms with van der Waals surface area (Å²) in [4.78, 5) is 12.4. The molecule has 0 aliphatic heterocycles. The van der Waals surface area contributed by atoms with E-state index in [2.05, 4.69) is 20.8 Å². The van der Waals surface area contributed by atoms with Crippen molar-refractivity contribution in [2.45, 2.75) is 13.3 Å². The van der Waals surface area contributed by atoms with Crippen LogP contribution in [0.5, 0.6) is 11.5 Å². The van der Waals surface area contributed by atoms with Gasteiger partial charge in [0.2, 0.25) is 5.91 Å². The number of nitrogens with zero attached hydrogens (tertiary/aromatic N) is 4. The van der Waals surface area contributed by atoms with Gasteiger partial charge in [-0.1, -0.05) is 6.07 Å². The zero-order valence-electron chi connectivity index (χ0n) is 14.8. The van der Waals surface area contributed by atoms with Crippen LogP contribution in [0.15, 0.2) is 42.7 Å². The van der Waals surface area contributed by atoms with Gasteiger partial charge in [0.1, 0.15) is 17.8 Å². The van der Waals surface area contributed by atoms with E-state index in [0.717, 1.165) is 16.8 Å². The molecule has 2 aromatic carbocycles. The number of anilines is 1. The summed E-state index contributed by atoms with van der Waals surface area (Å²) in [6.45, 7) is 1.93. The highest BCUT2D eigenvalue weighted by Crippen LogP contribution is 2.25. The van der Waals surface area contributed by atoms with Crippen LogP contribution in [0.25, 0.3) is 5.69 Å². The van der Waals surface area contributed by atoms with Gasteiger partial charge in [0, 0.05) is 17.3 Å². The van der Waals surface area contributed by atoms with Gasteiger partial charge in [0.15, 0.2) is 0 Å². The third kappa shape index (κ3) is 3.80. The molecular weight excluding hydrogens is 334 g/mol. The van der Waals surface area contributed by atoms with E-state index >= 15 is 0 Å². The Morgan fingerprint density at radius 1 is 1.15 bits per heavy atom. The molecule has 1 amide bonds. The normalized spacial score (nSPS) is 10.4. The molecule has 3 rings (SSSR count). The summed E-state index contributed by atoms with van der Waals surface area (Å²) >= 11 is 0. The lowest BCUT2D eigenvalue weighted by molar-refractivity contribution is -0.115. The predicted molar refractivity (Wildman–Crippen MR) is 95.8 cm³/mol. The van der Waals surface area contributed by atoms with Crippen LogP contribution in [0, 0.1) is 6.92 Å². The number of ether oxygens (including phenoxy) is 2. The molecule has 0 saturated heterocycles. The smallest absolute Gasteiger partial charge is 0.228 e. The van der Waals surface area contributed by atoms with Gasteiger partial charge in [-0.2, -0.15) is 0 Å². The number of aryl methyl sites for hydroxylation is 1. The first kappa shape index (κ1) is 17.4. The molecule has 26 heavy (non-hydrogen) atoms. The van der Waals surface area contributed by atoms with Crippen LogP contribution in [0.1, 0.15) is 11.1 Å². The fourth-order valence-corrected chi connectivity index (χ4v) is 2.64. The number of amides is 1. The number of carbonyl (C=O) groups excluding carboxylic acids is 1. The fraction of sp³-hybridized carbons (Fsp3) is 0.222. The van der Waals surface area contributed by atoms with Gasteiger partial charge in [-0.25, -0.2) is 4.68 Å². The van der Waals surface area contributed by atoms with Crippen molar-refractivity contribution in [2.24, 2.45) is 0 Å². The Kier molecular flexibility index (Phi) is 5.12. The molecule has 8 heteroatoms. The topological polar surface area (TPSA) is 91.2 Å². The maximum absolute atomic E-state index is 12.4. The first-order valence-corrected chi connectivity index (χ1v) is 7.95. The summed E-state index contributed by atoms with van der Waals surface area (Å²) < 4.78 is 12.1. The maximum Gasteiger partial charge on any atom is 0.228 e. The van der Waals surface area contributed by atoms with Gasteiger partial charge >= 0.3 is 0 Å². The molecule has 0 atom stereocenters. The lowest BCUT2D eigenvalue weighted by atomic mass is 10.1. The molecule has 0 aliphatic carbocycles. The molecule has 1 aromatic heterocycles. The molecule has 0 fully saturated rings. The summed E-state index contributed by atoms with van der Waals surface area (Å²) in [6, 6.07) is 10.9. The average molecular weight is 353 g/mol. The van der Waals surface area contributed by atoms with E-state index < -0.39 is 0 Å². The molecule has 0 spiro atoms. The van der Waals surface area contributed by atoms with E-state index in [1.807, 2.05) is 31.2 Å². The van der Waals surface area contributed by atoms with Gasteiger partial charge < -0.3 is 14.8 Å². The lowest BCUT2D eigenvalue weighted by Crippen LogP contribution is -2.15. The number of nitrogens with one attached hydrogen (secondary N) is 1. The largest absolute Gasteiger partial charge is 0.497 e. The van der Waals surface area contributed by atoms with Gasteiger partial charge in [-0.3, -0.25) is 4.79 Å². The molecule has 0 aliphatic rings. The van der Waals surface area contributed by atoms with Crippen LogP contribution in [-0.2, 0) is 11.2 Å². The Labute approximate surface area is 150 Å². The van der Waals surface area contributed by atoms with Crippen LogP contribution >= 0.6 is 0 Å². The quantitative estimate of drug-likeness (QED) is 0.730. The van der Waals surface area contributed by atoms with Crippen molar-refractivity contribution in [3.63, 3.8) is 0 Å². The van der Waals surface area contributed by atoms with E-state index in [1.165, 1.54) is 6.33 Å². The van der Waals surface area contributed by atoms with Crippen LogP contribution in [-0.4, -0.2) is 40.3 Å². The van der Waals surface area contributed by atoms with Gasteiger partial charge in [0.25, 0.3) is 0 Å². The number of benzene rings is 2. The summed E-state index contributed by atoms with van der Waals surface area (Å²) in [5, 5.41) is 14.0. The third-order valence-electron chi connectivity index (χ3n) is 3.92. The average Bonchev–Trinajstić information content (AvgIpc) is 3.16. The van der Waals surface area contributed by atoms with Gasteiger partial charge in [-0.05, 0) is 47.2 Å². The molecule has 0 unspecified atom stereocenters. The summed E-state index contributed by atoms with van der Waals surface area (Å²) in [5.41, 5.74) is 3.28. The first-order valence-electron chi connectivity index (χ1n) is 7.95. The zero-order chi connectivity index (χ0) is 18.5. The second-order valence-electron chi connectivity index (χ2n) is 5.66. The molecule has 0 saturated carbocycles. The van der Waals surface area contributed by atoms with Crippen molar-refractivity contribution in [2.75, 3.05) is 19.5 Å². The van der Waals surface area contributed by atoms with Gasteiger partial charge in [0.05, 0.1) is 26.3 Å². The second kappa shape index (κ2) is 7.64. The highest BCUT2D eigenvalue weighted by molar-refractivity contribution is 5.92. The van der Waals surface area contributed by atoms with E-state index in [0.29, 0.717) is 17.2 Å². The Morgan fingerprint density at radius 2 is 2.00 bits per heavy atom. The van der Waals surface area contributed by atoms with E-state index in [4.69, 9.17) is 9.47 Å².